The molecular formula is C19H19BrO5. The summed E-state index contributed by atoms with van der Waals surface area (Å²) in [5.74, 6) is 1.67. The lowest BCUT2D eigenvalue weighted by Gasteiger charge is -2.07. The third kappa shape index (κ3) is 6.15. The van der Waals surface area contributed by atoms with Gasteiger partial charge in [0.15, 0.2) is 0 Å². The summed E-state index contributed by atoms with van der Waals surface area (Å²) in [6, 6.07) is 12.7. The molecule has 0 spiro atoms. The Morgan fingerprint density at radius 2 is 1.72 bits per heavy atom. The molecule has 0 aliphatic carbocycles. The zero-order chi connectivity index (χ0) is 18.1. The van der Waals surface area contributed by atoms with Crippen LogP contribution in [0.1, 0.15) is 5.56 Å². The van der Waals surface area contributed by atoms with E-state index in [1.807, 2.05) is 18.2 Å². The smallest absolute Gasteiger partial charge is 0.330 e. The Hall–Kier alpha value is -2.47. The average Bonchev–Trinajstić information content (AvgIpc) is 2.64. The Kier molecular flexibility index (Phi) is 7.35. The quantitative estimate of drug-likeness (QED) is 0.375. The Bertz CT molecular complexity index is 725. The van der Waals surface area contributed by atoms with Crippen LogP contribution in [0.5, 0.6) is 17.2 Å². The minimum Gasteiger partial charge on any atom is -0.497 e. The molecule has 6 heteroatoms. The molecule has 2 aromatic rings. The number of halogens is 1. The van der Waals surface area contributed by atoms with Gasteiger partial charge in [0, 0.05) is 16.1 Å². The summed E-state index contributed by atoms with van der Waals surface area (Å²) in [7, 11) is 3.18. The minimum atomic E-state index is -0.444. The van der Waals surface area contributed by atoms with Crippen LogP contribution in [0.25, 0.3) is 6.08 Å². The summed E-state index contributed by atoms with van der Waals surface area (Å²) in [6.45, 7) is 0.428. The molecule has 2 rings (SSSR count). The van der Waals surface area contributed by atoms with Gasteiger partial charge in [-0.2, -0.15) is 0 Å². The maximum Gasteiger partial charge on any atom is 0.330 e. The van der Waals surface area contributed by atoms with E-state index in [1.165, 1.54) is 6.08 Å². The summed E-state index contributed by atoms with van der Waals surface area (Å²) < 4.78 is 21.8. The molecule has 0 saturated carbocycles. The zero-order valence-electron chi connectivity index (χ0n) is 14.0. The molecule has 0 saturated heterocycles. The molecule has 0 fully saturated rings. The van der Waals surface area contributed by atoms with E-state index in [0.29, 0.717) is 11.5 Å². The standard InChI is InChI=1S/C19H19BrO5/c1-22-16-5-7-17(8-6-16)24-11-12-25-19(21)10-3-14-13-15(20)4-9-18(14)23-2/h3-10,13H,11-12H2,1-2H3/b10-3+. The fourth-order valence-corrected chi connectivity index (χ4v) is 2.39. The van der Waals surface area contributed by atoms with E-state index < -0.39 is 5.97 Å². The number of methoxy groups -OCH3 is 2. The number of carbonyl (C=O) groups excluding carboxylic acids is 1. The van der Waals surface area contributed by atoms with E-state index in [9.17, 15) is 4.79 Å². The third-order valence-corrected chi connectivity index (χ3v) is 3.74. The molecule has 132 valence electrons. The van der Waals surface area contributed by atoms with Gasteiger partial charge in [0.2, 0.25) is 0 Å². The highest BCUT2D eigenvalue weighted by molar-refractivity contribution is 9.10. The van der Waals surface area contributed by atoms with Crippen molar-refractivity contribution in [1.82, 2.24) is 0 Å². The van der Waals surface area contributed by atoms with Gasteiger partial charge >= 0.3 is 5.97 Å². The van der Waals surface area contributed by atoms with E-state index >= 15 is 0 Å². The summed E-state index contributed by atoms with van der Waals surface area (Å²) >= 11 is 3.38. The van der Waals surface area contributed by atoms with Crippen LogP contribution in [0.2, 0.25) is 0 Å². The lowest BCUT2D eigenvalue weighted by Crippen LogP contribution is -2.10. The number of carbonyl (C=O) groups is 1. The summed E-state index contributed by atoms with van der Waals surface area (Å²) in [4.78, 5) is 11.8. The largest absolute Gasteiger partial charge is 0.497 e. The second kappa shape index (κ2) is 9.74. The Labute approximate surface area is 155 Å². The monoisotopic (exact) mass is 406 g/mol. The first-order valence-corrected chi connectivity index (χ1v) is 8.37. The number of rotatable bonds is 8. The molecule has 25 heavy (non-hydrogen) atoms. The minimum absolute atomic E-state index is 0.158. The molecule has 0 N–H and O–H groups in total. The predicted octanol–water partition coefficient (Wildman–Crippen LogP) is 4.10. The van der Waals surface area contributed by atoms with E-state index in [0.717, 1.165) is 15.8 Å². The number of esters is 1. The van der Waals surface area contributed by atoms with Crippen LogP contribution in [0, 0.1) is 0 Å². The van der Waals surface area contributed by atoms with Crippen molar-refractivity contribution >= 4 is 28.0 Å². The molecular weight excluding hydrogens is 388 g/mol. The molecule has 0 radical (unpaired) electrons. The van der Waals surface area contributed by atoms with Gasteiger partial charge in [-0.25, -0.2) is 4.79 Å². The highest BCUT2D eigenvalue weighted by Crippen LogP contribution is 2.24. The van der Waals surface area contributed by atoms with Crippen molar-refractivity contribution in [2.24, 2.45) is 0 Å². The topological polar surface area (TPSA) is 54.0 Å². The maximum absolute atomic E-state index is 11.8. The zero-order valence-corrected chi connectivity index (χ0v) is 15.6. The van der Waals surface area contributed by atoms with Gasteiger partial charge in [-0.15, -0.1) is 0 Å². The highest BCUT2D eigenvalue weighted by Gasteiger charge is 2.03. The molecule has 0 atom stereocenters. The number of ether oxygens (including phenoxy) is 4. The van der Waals surface area contributed by atoms with Crippen LogP contribution < -0.4 is 14.2 Å². The second-order valence-corrected chi connectivity index (χ2v) is 5.83. The molecule has 2 aromatic carbocycles. The van der Waals surface area contributed by atoms with Crippen molar-refractivity contribution in [3.8, 4) is 17.2 Å². The lowest BCUT2D eigenvalue weighted by atomic mass is 10.2. The fraction of sp³-hybridized carbons (Fsp3) is 0.211. The van der Waals surface area contributed by atoms with Crippen LogP contribution in [0.4, 0.5) is 0 Å². The molecule has 0 bridgehead atoms. The normalized spacial score (nSPS) is 10.5. The van der Waals surface area contributed by atoms with Crippen molar-refractivity contribution in [3.63, 3.8) is 0 Å². The molecule has 0 unspecified atom stereocenters. The van der Waals surface area contributed by atoms with Crippen molar-refractivity contribution in [2.75, 3.05) is 27.4 Å². The molecule has 0 aliphatic heterocycles. The van der Waals surface area contributed by atoms with Gasteiger partial charge in [-0.1, -0.05) is 15.9 Å². The van der Waals surface area contributed by atoms with Crippen molar-refractivity contribution in [1.29, 1.82) is 0 Å². The first-order chi connectivity index (χ1) is 12.1. The molecule has 0 amide bonds. The van der Waals surface area contributed by atoms with E-state index in [-0.39, 0.29) is 13.2 Å². The Morgan fingerprint density at radius 3 is 2.40 bits per heavy atom. The second-order valence-electron chi connectivity index (χ2n) is 4.91. The van der Waals surface area contributed by atoms with Crippen LogP contribution in [-0.4, -0.2) is 33.4 Å². The molecule has 0 aliphatic rings. The van der Waals surface area contributed by atoms with Gasteiger partial charge in [0.1, 0.15) is 30.5 Å². The van der Waals surface area contributed by atoms with Gasteiger partial charge in [0.25, 0.3) is 0 Å². The van der Waals surface area contributed by atoms with Crippen molar-refractivity contribution in [3.05, 3.63) is 58.6 Å². The summed E-state index contributed by atoms with van der Waals surface area (Å²) in [5.41, 5.74) is 0.781. The fourth-order valence-electron chi connectivity index (χ4n) is 2.02. The van der Waals surface area contributed by atoms with Gasteiger partial charge < -0.3 is 18.9 Å². The molecule has 0 heterocycles. The maximum atomic E-state index is 11.8. The predicted molar refractivity (Wildman–Crippen MR) is 99.2 cm³/mol. The summed E-state index contributed by atoms with van der Waals surface area (Å²) in [5, 5.41) is 0. The highest BCUT2D eigenvalue weighted by atomic mass is 79.9. The van der Waals surface area contributed by atoms with Crippen LogP contribution in [0.15, 0.2) is 53.0 Å². The number of hydrogen-bond donors (Lipinski definition) is 0. The van der Waals surface area contributed by atoms with Crippen molar-refractivity contribution < 1.29 is 23.7 Å². The van der Waals surface area contributed by atoms with Gasteiger partial charge in [0.05, 0.1) is 14.2 Å². The average molecular weight is 407 g/mol. The van der Waals surface area contributed by atoms with E-state index in [4.69, 9.17) is 18.9 Å². The van der Waals surface area contributed by atoms with Gasteiger partial charge in [-0.3, -0.25) is 0 Å². The number of benzene rings is 2. The van der Waals surface area contributed by atoms with Gasteiger partial charge in [-0.05, 0) is 48.5 Å². The summed E-state index contributed by atoms with van der Waals surface area (Å²) in [6.07, 6.45) is 3.01. The lowest BCUT2D eigenvalue weighted by molar-refractivity contribution is -0.138. The number of hydrogen-bond acceptors (Lipinski definition) is 5. The SMILES string of the molecule is COc1ccc(OCCOC(=O)/C=C/c2cc(Br)ccc2OC)cc1. The Morgan fingerprint density at radius 1 is 1.00 bits per heavy atom. The van der Waals surface area contributed by atoms with Crippen molar-refractivity contribution in [2.45, 2.75) is 0 Å². The Balaban J connectivity index is 1.77. The molecule has 0 aromatic heterocycles. The van der Waals surface area contributed by atoms with Crippen LogP contribution in [0.3, 0.4) is 0 Å². The van der Waals surface area contributed by atoms with Crippen LogP contribution in [-0.2, 0) is 9.53 Å². The third-order valence-electron chi connectivity index (χ3n) is 3.25. The first-order valence-electron chi connectivity index (χ1n) is 7.57. The van der Waals surface area contributed by atoms with E-state index in [2.05, 4.69) is 15.9 Å². The van der Waals surface area contributed by atoms with E-state index in [1.54, 1.807) is 44.6 Å². The first kappa shape index (κ1) is 18.9. The molecule has 5 nitrogen and oxygen atoms in total. The van der Waals surface area contributed by atoms with Crippen LogP contribution >= 0.6 is 15.9 Å².